The third-order valence-electron chi connectivity index (χ3n) is 2.64. The molecule has 0 aliphatic rings. The fourth-order valence-corrected chi connectivity index (χ4v) is 2.35. The van der Waals surface area contributed by atoms with Crippen LogP contribution in [-0.2, 0) is 7.05 Å². The lowest BCUT2D eigenvalue weighted by Crippen LogP contribution is -1.88. The topological polar surface area (TPSA) is 43.6 Å². The molecule has 0 radical (unpaired) electrons. The molecule has 0 N–H and O–H groups in total. The number of nitrogens with zero attached hydrogens (tertiary/aromatic N) is 4. The highest BCUT2D eigenvalue weighted by Crippen LogP contribution is 2.26. The monoisotopic (exact) mass is 230 g/mol. The molecular weight excluding hydrogens is 220 g/mol. The van der Waals surface area contributed by atoms with Crippen molar-refractivity contribution in [2.75, 3.05) is 6.26 Å². The normalized spacial score (nSPS) is 11.4. The summed E-state index contributed by atoms with van der Waals surface area (Å²) in [5.41, 5.74) is 3.03. The summed E-state index contributed by atoms with van der Waals surface area (Å²) in [6, 6.07) is 4.11. The van der Waals surface area contributed by atoms with Gasteiger partial charge >= 0.3 is 0 Å². The van der Waals surface area contributed by atoms with E-state index in [4.69, 9.17) is 0 Å². The average molecular weight is 230 g/mol. The average Bonchev–Trinajstić information content (AvgIpc) is 2.67. The molecule has 0 aliphatic carbocycles. The minimum Gasteiger partial charge on any atom is -0.334 e. The van der Waals surface area contributed by atoms with E-state index in [1.165, 1.54) is 0 Å². The zero-order valence-electron chi connectivity index (χ0n) is 9.01. The predicted octanol–water partition coefficient (Wildman–Crippen LogP) is 2.24. The van der Waals surface area contributed by atoms with Crippen molar-refractivity contribution in [3.8, 4) is 0 Å². The van der Waals surface area contributed by atoms with Gasteiger partial charge in [-0.3, -0.25) is 0 Å². The van der Waals surface area contributed by atoms with Crippen LogP contribution in [0.15, 0.2) is 29.8 Å². The number of hydrogen-bond donors (Lipinski definition) is 0. The fourth-order valence-electron chi connectivity index (χ4n) is 1.82. The number of aromatic nitrogens is 4. The molecule has 0 fully saturated rings. The van der Waals surface area contributed by atoms with Crippen molar-refractivity contribution in [1.82, 2.24) is 19.5 Å². The Labute approximate surface area is 96.7 Å². The zero-order valence-corrected chi connectivity index (χ0v) is 9.82. The molecular formula is C11H10N4S. The van der Waals surface area contributed by atoms with E-state index < -0.39 is 0 Å². The van der Waals surface area contributed by atoms with E-state index in [-0.39, 0.29) is 0 Å². The first-order valence-electron chi connectivity index (χ1n) is 4.89. The standard InChI is InChI=1S/C11H10N4S/c1-15-6-14-9-4-8-7(3-10(9)15)11(16-2)13-5-12-8/h3-6H,1-2H3. The second-order valence-corrected chi connectivity index (χ2v) is 4.39. The number of thioether (sulfide) groups is 1. The Hall–Kier alpha value is -1.62. The molecule has 3 rings (SSSR count). The van der Waals surface area contributed by atoms with Crippen molar-refractivity contribution < 1.29 is 0 Å². The molecule has 0 unspecified atom stereocenters. The summed E-state index contributed by atoms with van der Waals surface area (Å²) in [4.78, 5) is 12.9. The van der Waals surface area contributed by atoms with Crippen molar-refractivity contribution >= 4 is 33.7 Å². The Morgan fingerprint density at radius 3 is 2.81 bits per heavy atom. The Morgan fingerprint density at radius 2 is 2.00 bits per heavy atom. The molecule has 80 valence electrons. The van der Waals surface area contributed by atoms with Crippen LogP contribution in [-0.4, -0.2) is 25.8 Å². The van der Waals surface area contributed by atoms with Gasteiger partial charge in [-0.2, -0.15) is 0 Å². The fraction of sp³-hybridized carbons (Fsp3) is 0.182. The van der Waals surface area contributed by atoms with Crippen LogP contribution >= 0.6 is 11.8 Å². The number of hydrogen-bond acceptors (Lipinski definition) is 4. The van der Waals surface area contributed by atoms with Crippen LogP contribution in [0.1, 0.15) is 0 Å². The van der Waals surface area contributed by atoms with E-state index >= 15 is 0 Å². The van der Waals surface area contributed by atoms with Gasteiger partial charge in [0.1, 0.15) is 11.4 Å². The minimum atomic E-state index is 0.950. The maximum Gasteiger partial charge on any atom is 0.117 e. The first kappa shape index (κ1) is 9.59. The molecule has 3 aromatic rings. The first-order chi connectivity index (χ1) is 7.79. The van der Waals surface area contributed by atoms with Gasteiger partial charge in [-0.25, -0.2) is 15.0 Å². The van der Waals surface area contributed by atoms with Crippen LogP contribution in [0.5, 0.6) is 0 Å². The third-order valence-corrected chi connectivity index (χ3v) is 3.35. The molecule has 2 heterocycles. The Balaban J connectivity index is 2.48. The summed E-state index contributed by atoms with van der Waals surface area (Å²) in [5.74, 6) is 0. The quantitative estimate of drug-likeness (QED) is 0.475. The van der Waals surface area contributed by atoms with E-state index in [0.29, 0.717) is 0 Å². The summed E-state index contributed by atoms with van der Waals surface area (Å²) in [6.45, 7) is 0. The lowest BCUT2D eigenvalue weighted by atomic mass is 10.2. The van der Waals surface area contributed by atoms with Gasteiger partial charge in [0.25, 0.3) is 0 Å². The van der Waals surface area contributed by atoms with Gasteiger partial charge in [-0.05, 0) is 18.4 Å². The van der Waals surface area contributed by atoms with Gasteiger partial charge in [0, 0.05) is 12.4 Å². The molecule has 5 heteroatoms. The van der Waals surface area contributed by atoms with Crippen molar-refractivity contribution in [3.05, 3.63) is 24.8 Å². The highest BCUT2D eigenvalue weighted by molar-refractivity contribution is 7.98. The van der Waals surface area contributed by atoms with Crippen LogP contribution < -0.4 is 0 Å². The summed E-state index contributed by atoms with van der Waals surface area (Å²) >= 11 is 1.63. The molecule has 0 aliphatic heterocycles. The molecule has 1 aromatic carbocycles. The zero-order chi connectivity index (χ0) is 11.1. The van der Waals surface area contributed by atoms with E-state index in [9.17, 15) is 0 Å². The number of rotatable bonds is 1. The lowest BCUT2D eigenvalue weighted by Gasteiger charge is -2.02. The predicted molar refractivity (Wildman–Crippen MR) is 65.6 cm³/mol. The minimum absolute atomic E-state index is 0.950. The van der Waals surface area contributed by atoms with E-state index in [1.807, 2.05) is 30.3 Å². The van der Waals surface area contributed by atoms with Crippen molar-refractivity contribution in [3.63, 3.8) is 0 Å². The molecule has 4 nitrogen and oxygen atoms in total. The van der Waals surface area contributed by atoms with Gasteiger partial charge in [0.2, 0.25) is 0 Å². The maximum atomic E-state index is 4.32. The number of aryl methyl sites for hydroxylation is 1. The number of benzene rings is 1. The molecule has 0 atom stereocenters. The SMILES string of the molecule is CSc1ncnc2cc3ncn(C)c3cc12. The molecule has 16 heavy (non-hydrogen) atoms. The lowest BCUT2D eigenvalue weighted by molar-refractivity contribution is 0.948. The van der Waals surface area contributed by atoms with Gasteiger partial charge < -0.3 is 4.57 Å². The van der Waals surface area contributed by atoms with Gasteiger partial charge in [-0.15, -0.1) is 11.8 Å². The third kappa shape index (κ3) is 1.28. The number of fused-ring (bicyclic) bond motifs is 2. The summed E-state index contributed by atoms with van der Waals surface area (Å²) in [6.07, 6.45) is 5.44. The Bertz CT molecular complexity index is 674. The van der Waals surface area contributed by atoms with Crippen LogP contribution in [0.3, 0.4) is 0 Å². The van der Waals surface area contributed by atoms with E-state index in [1.54, 1.807) is 18.1 Å². The molecule has 0 saturated carbocycles. The Morgan fingerprint density at radius 1 is 1.12 bits per heavy atom. The summed E-state index contributed by atoms with van der Waals surface area (Å²) < 4.78 is 2.01. The second kappa shape index (κ2) is 3.45. The molecule has 0 saturated heterocycles. The van der Waals surface area contributed by atoms with Crippen molar-refractivity contribution in [2.24, 2.45) is 7.05 Å². The highest BCUT2D eigenvalue weighted by atomic mass is 32.2. The largest absolute Gasteiger partial charge is 0.334 e. The molecule has 2 aromatic heterocycles. The van der Waals surface area contributed by atoms with Gasteiger partial charge in [0.05, 0.1) is 22.9 Å². The van der Waals surface area contributed by atoms with Crippen LogP contribution in [0, 0.1) is 0 Å². The smallest absolute Gasteiger partial charge is 0.117 e. The maximum absolute atomic E-state index is 4.32. The number of imidazole rings is 1. The van der Waals surface area contributed by atoms with Crippen molar-refractivity contribution in [2.45, 2.75) is 5.03 Å². The van der Waals surface area contributed by atoms with Crippen molar-refractivity contribution in [1.29, 1.82) is 0 Å². The highest BCUT2D eigenvalue weighted by Gasteiger charge is 2.07. The van der Waals surface area contributed by atoms with Crippen LogP contribution in [0.2, 0.25) is 0 Å². The van der Waals surface area contributed by atoms with Gasteiger partial charge in [0.15, 0.2) is 0 Å². The van der Waals surface area contributed by atoms with Crippen LogP contribution in [0.4, 0.5) is 0 Å². The van der Waals surface area contributed by atoms with E-state index in [2.05, 4.69) is 21.0 Å². The van der Waals surface area contributed by atoms with Crippen LogP contribution in [0.25, 0.3) is 21.9 Å². The molecule has 0 amide bonds. The van der Waals surface area contributed by atoms with Gasteiger partial charge in [-0.1, -0.05) is 0 Å². The Kier molecular flexibility index (Phi) is 2.07. The van der Waals surface area contributed by atoms with E-state index in [0.717, 1.165) is 27.0 Å². The molecule has 0 bridgehead atoms. The molecule has 0 spiro atoms. The summed E-state index contributed by atoms with van der Waals surface area (Å²) in [5, 5.41) is 2.10. The first-order valence-corrected chi connectivity index (χ1v) is 6.12. The second-order valence-electron chi connectivity index (χ2n) is 3.60. The summed E-state index contributed by atoms with van der Waals surface area (Å²) in [7, 11) is 1.99.